The van der Waals surface area contributed by atoms with Crippen molar-refractivity contribution in [3.8, 4) is 0 Å². The van der Waals surface area contributed by atoms with E-state index in [1.165, 1.54) is 6.08 Å². The Hall–Kier alpha value is -1.46. The van der Waals surface area contributed by atoms with E-state index >= 15 is 0 Å². The Morgan fingerprint density at radius 2 is 1.36 bits per heavy atom. The Morgan fingerprint density at radius 3 is 1.59 bits per heavy atom. The monoisotopic (exact) mass is 320 g/mol. The maximum absolute atomic E-state index is 13.7. The van der Waals surface area contributed by atoms with E-state index in [0.717, 1.165) is 0 Å². The third-order valence-electron chi connectivity index (χ3n) is 2.64. The first-order chi connectivity index (χ1) is 9.76. The van der Waals surface area contributed by atoms with E-state index in [0.29, 0.717) is 0 Å². The molecule has 6 heteroatoms. The van der Waals surface area contributed by atoms with Crippen LogP contribution in [0.1, 0.15) is 54.4 Å². The lowest BCUT2D eigenvalue weighted by atomic mass is 9.83. The SMILES string of the molecule is C=CCCC(C(=O)OC(C)(C)C)(C(=O)OC(C)(C)C)C(F)F. The van der Waals surface area contributed by atoms with Gasteiger partial charge in [0, 0.05) is 0 Å². The number of ether oxygens (including phenoxy) is 2. The van der Waals surface area contributed by atoms with E-state index in [9.17, 15) is 18.4 Å². The average Bonchev–Trinajstić information content (AvgIpc) is 2.24. The van der Waals surface area contributed by atoms with Crippen LogP contribution in [0.2, 0.25) is 0 Å². The van der Waals surface area contributed by atoms with Gasteiger partial charge < -0.3 is 9.47 Å². The summed E-state index contributed by atoms with van der Waals surface area (Å²) < 4.78 is 37.5. The van der Waals surface area contributed by atoms with Gasteiger partial charge >= 0.3 is 11.9 Å². The van der Waals surface area contributed by atoms with Gasteiger partial charge in [0.15, 0.2) is 0 Å². The van der Waals surface area contributed by atoms with Gasteiger partial charge in [0.25, 0.3) is 6.43 Å². The summed E-state index contributed by atoms with van der Waals surface area (Å²) in [6.07, 6.45) is -2.23. The average molecular weight is 320 g/mol. The molecule has 0 unspecified atom stereocenters. The zero-order chi connectivity index (χ0) is 17.8. The first kappa shape index (κ1) is 20.5. The molecule has 0 amide bonds. The predicted octanol–water partition coefficient (Wildman–Crippen LogP) is 3.89. The molecule has 0 aromatic heterocycles. The Labute approximate surface area is 130 Å². The molecule has 0 N–H and O–H groups in total. The van der Waals surface area contributed by atoms with Crippen molar-refractivity contribution in [1.82, 2.24) is 0 Å². The molecule has 22 heavy (non-hydrogen) atoms. The van der Waals surface area contributed by atoms with Gasteiger partial charge in [0.1, 0.15) is 11.2 Å². The van der Waals surface area contributed by atoms with Crippen molar-refractivity contribution in [3.63, 3.8) is 0 Å². The van der Waals surface area contributed by atoms with Gasteiger partial charge in [-0.1, -0.05) is 6.08 Å². The highest BCUT2D eigenvalue weighted by atomic mass is 19.3. The fourth-order valence-electron chi connectivity index (χ4n) is 1.64. The Balaban J connectivity index is 5.74. The molecule has 0 aliphatic rings. The minimum atomic E-state index is -3.24. The van der Waals surface area contributed by atoms with E-state index in [1.807, 2.05) is 0 Å². The van der Waals surface area contributed by atoms with Crippen LogP contribution in [0.15, 0.2) is 12.7 Å². The summed E-state index contributed by atoms with van der Waals surface area (Å²) >= 11 is 0. The summed E-state index contributed by atoms with van der Waals surface area (Å²) in [5.74, 6) is -2.54. The smallest absolute Gasteiger partial charge is 0.330 e. The molecular weight excluding hydrogens is 294 g/mol. The fourth-order valence-corrected chi connectivity index (χ4v) is 1.64. The highest BCUT2D eigenvalue weighted by Crippen LogP contribution is 2.37. The summed E-state index contributed by atoms with van der Waals surface area (Å²) in [5.41, 5.74) is -4.63. The molecule has 0 atom stereocenters. The molecule has 0 aromatic carbocycles. The lowest BCUT2D eigenvalue weighted by Gasteiger charge is -2.34. The number of carbonyl (C=O) groups excluding carboxylic acids is 2. The van der Waals surface area contributed by atoms with Crippen LogP contribution in [0.5, 0.6) is 0 Å². The van der Waals surface area contributed by atoms with Crippen molar-refractivity contribution >= 4 is 11.9 Å². The molecule has 0 aromatic rings. The van der Waals surface area contributed by atoms with Crippen molar-refractivity contribution < 1.29 is 27.8 Å². The number of hydrogen-bond acceptors (Lipinski definition) is 4. The zero-order valence-corrected chi connectivity index (χ0v) is 14.2. The second kappa shape index (κ2) is 7.20. The topological polar surface area (TPSA) is 52.6 Å². The number of hydrogen-bond donors (Lipinski definition) is 0. The van der Waals surface area contributed by atoms with Gasteiger partial charge in [0.05, 0.1) is 0 Å². The van der Waals surface area contributed by atoms with E-state index < -0.39 is 41.4 Å². The first-order valence-electron chi connectivity index (χ1n) is 7.12. The molecule has 0 radical (unpaired) electrons. The molecule has 0 rings (SSSR count). The molecule has 4 nitrogen and oxygen atoms in total. The molecule has 0 spiro atoms. The molecule has 0 heterocycles. The van der Waals surface area contributed by atoms with Crippen LogP contribution in [-0.2, 0) is 19.1 Å². The van der Waals surface area contributed by atoms with Crippen LogP contribution >= 0.6 is 0 Å². The fraction of sp³-hybridized carbons (Fsp3) is 0.750. The van der Waals surface area contributed by atoms with Gasteiger partial charge in [-0.15, -0.1) is 6.58 Å². The Morgan fingerprint density at radius 1 is 1.00 bits per heavy atom. The first-order valence-corrected chi connectivity index (χ1v) is 7.12. The van der Waals surface area contributed by atoms with Crippen molar-refractivity contribution in [2.75, 3.05) is 0 Å². The van der Waals surface area contributed by atoms with Crippen LogP contribution in [-0.4, -0.2) is 29.6 Å². The highest BCUT2D eigenvalue weighted by molar-refractivity contribution is 6.01. The van der Waals surface area contributed by atoms with Crippen molar-refractivity contribution in [2.45, 2.75) is 72.0 Å². The largest absolute Gasteiger partial charge is 0.459 e. The minimum Gasteiger partial charge on any atom is -0.459 e. The van der Waals surface area contributed by atoms with Crippen LogP contribution in [0, 0.1) is 5.41 Å². The van der Waals surface area contributed by atoms with Gasteiger partial charge in [-0.2, -0.15) is 0 Å². The number of allylic oxidation sites excluding steroid dienone is 1. The normalized spacial score (nSPS) is 13.0. The number of halogens is 2. The van der Waals surface area contributed by atoms with Gasteiger partial charge in [-0.05, 0) is 54.4 Å². The van der Waals surface area contributed by atoms with Gasteiger partial charge in [-0.25, -0.2) is 8.78 Å². The molecule has 0 saturated heterocycles. The summed E-state index contributed by atoms with van der Waals surface area (Å²) in [5, 5.41) is 0. The third-order valence-corrected chi connectivity index (χ3v) is 2.64. The summed E-state index contributed by atoms with van der Waals surface area (Å²) in [4.78, 5) is 24.6. The quantitative estimate of drug-likeness (QED) is 0.423. The summed E-state index contributed by atoms with van der Waals surface area (Å²) in [6.45, 7) is 12.7. The van der Waals surface area contributed by atoms with Crippen molar-refractivity contribution in [3.05, 3.63) is 12.7 Å². The van der Waals surface area contributed by atoms with Gasteiger partial charge in [0.2, 0.25) is 5.41 Å². The second-order valence-corrected chi connectivity index (χ2v) is 7.10. The number of carbonyl (C=O) groups is 2. The summed E-state index contributed by atoms with van der Waals surface area (Å²) in [6, 6.07) is 0. The molecule has 0 bridgehead atoms. The third kappa shape index (κ3) is 5.73. The minimum absolute atomic E-state index is 0.0584. The molecule has 0 fully saturated rings. The number of alkyl halides is 2. The molecule has 0 saturated carbocycles. The van der Waals surface area contributed by atoms with Crippen molar-refractivity contribution in [1.29, 1.82) is 0 Å². The van der Waals surface area contributed by atoms with E-state index in [-0.39, 0.29) is 6.42 Å². The summed E-state index contributed by atoms with van der Waals surface area (Å²) in [7, 11) is 0. The predicted molar refractivity (Wildman–Crippen MR) is 79.6 cm³/mol. The maximum atomic E-state index is 13.7. The van der Waals surface area contributed by atoms with Crippen LogP contribution < -0.4 is 0 Å². The number of esters is 2. The van der Waals surface area contributed by atoms with Crippen LogP contribution in [0.4, 0.5) is 8.78 Å². The van der Waals surface area contributed by atoms with Crippen molar-refractivity contribution in [2.24, 2.45) is 5.41 Å². The molecule has 0 aliphatic heterocycles. The maximum Gasteiger partial charge on any atom is 0.330 e. The second-order valence-electron chi connectivity index (χ2n) is 7.10. The lowest BCUT2D eigenvalue weighted by molar-refractivity contribution is -0.198. The highest BCUT2D eigenvalue weighted by Gasteiger charge is 2.57. The Kier molecular flexibility index (Phi) is 6.72. The molecular formula is C16H26F2O4. The van der Waals surface area contributed by atoms with Gasteiger partial charge in [-0.3, -0.25) is 9.59 Å². The zero-order valence-electron chi connectivity index (χ0n) is 14.2. The lowest BCUT2D eigenvalue weighted by Crippen LogP contribution is -2.51. The number of rotatable bonds is 6. The molecule has 0 aliphatic carbocycles. The standard InChI is InChI=1S/C16H26F2O4/c1-8-9-10-16(11(17)18,12(19)21-14(2,3)4)13(20)22-15(5,6)7/h8,11H,1,9-10H2,2-7H3. The van der Waals surface area contributed by atoms with E-state index in [2.05, 4.69) is 6.58 Å². The van der Waals surface area contributed by atoms with Crippen LogP contribution in [0.3, 0.4) is 0 Å². The van der Waals surface area contributed by atoms with E-state index in [1.54, 1.807) is 41.5 Å². The molecule has 128 valence electrons. The Bertz CT molecular complexity index is 389. The van der Waals surface area contributed by atoms with E-state index in [4.69, 9.17) is 9.47 Å². The van der Waals surface area contributed by atoms with Crippen LogP contribution in [0.25, 0.3) is 0 Å².